The largest absolute Gasteiger partial charge is 0.453 e. The van der Waals surface area contributed by atoms with Crippen molar-refractivity contribution in [1.29, 1.82) is 0 Å². The van der Waals surface area contributed by atoms with Crippen molar-refractivity contribution in [2.75, 3.05) is 13.7 Å². The summed E-state index contributed by atoms with van der Waals surface area (Å²) in [5.41, 5.74) is 5.18. The van der Waals surface area contributed by atoms with Gasteiger partial charge in [-0.3, -0.25) is 4.79 Å². The highest BCUT2D eigenvalue weighted by atomic mass is 79.9. The average Bonchev–Trinajstić information content (AvgIpc) is 3.62. The highest BCUT2D eigenvalue weighted by molar-refractivity contribution is 9.10. The lowest BCUT2D eigenvalue weighted by Crippen LogP contribution is -2.51. The van der Waals surface area contributed by atoms with Crippen LogP contribution in [0.5, 0.6) is 0 Å². The maximum Gasteiger partial charge on any atom is 0.407 e. The second-order valence-electron chi connectivity index (χ2n) is 10.6. The number of rotatable bonds is 5. The highest BCUT2D eigenvalue weighted by Gasteiger charge is 2.44. The molecule has 2 aromatic rings. The summed E-state index contributed by atoms with van der Waals surface area (Å²) in [6.07, 6.45) is 6.98. The van der Waals surface area contributed by atoms with Gasteiger partial charge in [0.25, 0.3) is 0 Å². The molecule has 1 saturated heterocycles. The summed E-state index contributed by atoms with van der Waals surface area (Å²) >= 11 is 3.84. The normalized spacial score (nSPS) is 26.1. The van der Waals surface area contributed by atoms with Crippen molar-refractivity contribution in [3.8, 4) is 11.3 Å². The molecule has 1 aromatic carbocycles. The Morgan fingerprint density at radius 3 is 2.74 bits per heavy atom. The number of nitrogens with zero attached hydrogens (tertiary/aromatic N) is 2. The molecule has 2 heterocycles. The number of halogens is 1. The van der Waals surface area contributed by atoms with Gasteiger partial charge < -0.3 is 19.9 Å². The first-order chi connectivity index (χ1) is 16.8. The van der Waals surface area contributed by atoms with E-state index in [0.717, 1.165) is 30.3 Å². The molecule has 35 heavy (non-hydrogen) atoms. The number of hydrogen-bond donors (Lipinski definition) is 2. The molecule has 5 atom stereocenters. The van der Waals surface area contributed by atoms with Crippen LogP contribution in [0.2, 0.25) is 0 Å². The number of benzene rings is 1. The Labute approximate surface area is 215 Å². The smallest absolute Gasteiger partial charge is 0.407 e. The van der Waals surface area contributed by atoms with Crippen LogP contribution in [-0.4, -0.2) is 46.6 Å². The lowest BCUT2D eigenvalue weighted by Gasteiger charge is -2.30. The van der Waals surface area contributed by atoms with Gasteiger partial charge in [0.05, 0.1) is 25.0 Å². The van der Waals surface area contributed by atoms with Crippen molar-refractivity contribution in [1.82, 2.24) is 20.2 Å². The quantitative estimate of drug-likeness (QED) is 0.493. The summed E-state index contributed by atoms with van der Waals surface area (Å²) < 4.78 is 5.97. The molecule has 2 fully saturated rings. The van der Waals surface area contributed by atoms with E-state index >= 15 is 0 Å². The second kappa shape index (κ2) is 9.60. The molecule has 5 rings (SSSR count). The third-order valence-corrected chi connectivity index (χ3v) is 9.09. The molecule has 7 nitrogen and oxygen atoms in total. The molecule has 3 aliphatic rings. The predicted molar refractivity (Wildman–Crippen MR) is 138 cm³/mol. The van der Waals surface area contributed by atoms with Crippen LogP contribution in [0.25, 0.3) is 11.3 Å². The van der Waals surface area contributed by atoms with Gasteiger partial charge in [-0.2, -0.15) is 0 Å². The van der Waals surface area contributed by atoms with Gasteiger partial charge in [0, 0.05) is 16.6 Å². The van der Waals surface area contributed by atoms with E-state index in [1.165, 1.54) is 47.5 Å². The van der Waals surface area contributed by atoms with Crippen molar-refractivity contribution in [3.05, 3.63) is 39.8 Å². The number of ether oxygens (including phenoxy) is 1. The van der Waals surface area contributed by atoms with E-state index in [1.807, 2.05) is 24.9 Å². The Bertz CT molecular complexity index is 1130. The number of aromatic amines is 1. The van der Waals surface area contributed by atoms with Gasteiger partial charge in [0.2, 0.25) is 5.91 Å². The van der Waals surface area contributed by atoms with Crippen LogP contribution in [0.1, 0.15) is 87.7 Å². The van der Waals surface area contributed by atoms with E-state index in [0.29, 0.717) is 18.4 Å². The fraction of sp³-hybridized carbons (Fsp3) is 0.593. The van der Waals surface area contributed by atoms with E-state index in [9.17, 15) is 9.59 Å². The summed E-state index contributed by atoms with van der Waals surface area (Å²) in [6, 6.07) is 3.62. The maximum absolute atomic E-state index is 13.5. The van der Waals surface area contributed by atoms with Crippen LogP contribution in [0.3, 0.4) is 0 Å². The first-order valence-corrected chi connectivity index (χ1v) is 13.6. The fourth-order valence-corrected chi connectivity index (χ4v) is 7.35. The molecule has 0 radical (unpaired) electrons. The number of aromatic nitrogens is 2. The van der Waals surface area contributed by atoms with Crippen molar-refractivity contribution in [3.63, 3.8) is 0 Å². The van der Waals surface area contributed by atoms with Gasteiger partial charge in [-0.1, -0.05) is 49.2 Å². The number of likely N-dealkylation sites (tertiary alicyclic amines) is 1. The molecule has 0 spiro atoms. The number of carbonyl (C=O) groups excluding carboxylic acids is 2. The van der Waals surface area contributed by atoms with E-state index in [1.54, 1.807) is 0 Å². The van der Waals surface area contributed by atoms with Gasteiger partial charge in [-0.05, 0) is 66.5 Å². The van der Waals surface area contributed by atoms with Gasteiger partial charge in [-0.15, -0.1) is 0 Å². The Morgan fingerprint density at radius 1 is 1.20 bits per heavy atom. The lowest BCUT2D eigenvalue weighted by atomic mass is 9.89. The number of H-pyrrole nitrogens is 1. The zero-order valence-electron chi connectivity index (χ0n) is 20.9. The molecule has 1 aliphatic heterocycles. The summed E-state index contributed by atoms with van der Waals surface area (Å²) in [6.45, 7) is 6.89. The minimum Gasteiger partial charge on any atom is -0.453 e. The molecule has 188 valence electrons. The van der Waals surface area contributed by atoms with E-state index < -0.39 is 12.1 Å². The van der Waals surface area contributed by atoms with Gasteiger partial charge in [0.1, 0.15) is 11.9 Å². The number of amides is 2. The highest BCUT2D eigenvalue weighted by Crippen LogP contribution is 2.58. The zero-order valence-corrected chi connectivity index (χ0v) is 22.5. The third-order valence-electron chi connectivity index (χ3n) is 8.40. The number of nitrogens with one attached hydrogen (secondary N) is 2. The first kappa shape index (κ1) is 24.3. The molecular weight excluding hydrogens is 508 g/mol. The SMILES string of the molecule is COC(=O)N[C@H](C(=O)N1CCC[C@H]1c1ncc(-c2ccc(Br)c3c2C(C)C2CCCC32)[nH]1)C(C)C. The van der Waals surface area contributed by atoms with E-state index in [-0.39, 0.29) is 17.9 Å². The van der Waals surface area contributed by atoms with E-state index in [4.69, 9.17) is 9.72 Å². The van der Waals surface area contributed by atoms with Crippen LogP contribution in [0.15, 0.2) is 22.8 Å². The fourth-order valence-electron chi connectivity index (χ4n) is 6.71. The molecule has 0 bridgehead atoms. The van der Waals surface area contributed by atoms with Gasteiger partial charge in [0.15, 0.2) is 0 Å². The van der Waals surface area contributed by atoms with Crippen LogP contribution in [-0.2, 0) is 9.53 Å². The van der Waals surface area contributed by atoms with E-state index in [2.05, 4.69) is 45.3 Å². The molecule has 1 aromatic heterocycles. The molecule has 2 N–H and O–H groups in total. The topological polar surface area (TPSA) is 87.3 Å². The van der Waals surface area contributed by atoms with Crippen LogP contribution in [0, 0.1) is 11.8 Å². The number of imidazole rings is 1. The predicted octanol–water partition coefficient (Wildman–Crippen LogP) is 5.88. The first-order valence-electron chi connectivity index (χ1n) is 12.8. The van der Waals surface area contributed by atoms with Crippen LogP contribution in [0.4, 0.5) is 4.79 Å². The standard InChI is InChI=1S/C27H35BrN4O3/c1-14(2)24(31-27(34)35-4)26(33)32-12-6-9-21(32)25-29-13-20(30-25)18-10-11-19(28)23-17-8-5-7-16(17)15(3)22(18)23/h10-11,13-17,21,24H,5-9,12H2,1-4H3,(H,29,30)(H,31,34)/t15?,16?,17?,21-,24-/m0/s1. The molecule has 8 heteroatoms. The zero-order chi connectivity index (χ0) is 24.9. The van der Waals surface area contributed by atoms with Crippen molar-refractivity contribution >= 4 is 27.9 Å². The molecular formula is C27H35BrN4O3. The lowest BCUT2D eigenvalue weighted by molar-refractivity contribution is -0.135. The Hall–Kier alpha value is -2.35. The molecule has 3 unspecified atom stereocenters. The van der Waals surface area contributed by atoms with Crippen LogP contribution < -0.4 is 5.32 Å². The monoisotopic (exact) mass is 542 g/mol. The van der Waals surface area contributed by atoms with Gasteiger partial charge >= 0.3 is 6.09 Å². The summed E-state index contributed by atoms with van der Waals surface area (Å²) in [5.74, 6) is 2.57. The Kier molecular flexibility index (Phi) is 6.68. The van der Waals surface area contributed by atoms with Crippen LogP contribution >= 0.6 is 15.9 Å². The number of methoxy groups -OCH3 is 1. The Morgan fingerprint density at radius 2 is 2.00 bits per heavy atom. The summed E-state index contributed by atoms with van der Waals surface area (Å²) in [7, 11) is 1.31. The number of fused-ring (bicyclic) bond motifs is 3. The van der Waals surface area contributed by atoms with Crippen molar-refractivity contribution in [2.24, 2.45) is 11.8 Å². The van der Waals surface area contributed by atoms with Gasteiger partial charge in [-0.25, -0.2) is 9.78 Å². The summed E-state index contributed by atoms with van der Waals surface area (Å²) in [4.78, 5) is 35.5. The molecule has 2 amide bonds. The van der Waals surface area contributed by atoms with Crippen molar-refractivity contribution < 1.29 is 14.3 Å². The Balaban J connectivity index is 1.43. The maximum atomic E-state index is 13.5. The molecule has 2 aliphatic carbocycles. The summed E-state index contributed by atoms with van der Waals surface area (Å²) in [5, 5.41) is 2.72. The third kappa shape index (κ3) is 4.17. The average molecular weight is 544 g/mol. The number of alkyl carbamates (subject to hydrolysis) is 1. The minimum absolute atomic E-state index is 0.0543. The minimum atomic E-state index is -0.632. The second-order valence-corrected chi connectivity index (χ2v) is 11.5. The van der Waals surface area contributed by atoms with Crippen molar-refractivity contribution in [2.45, 2.75) is 76.8 Å². The number of hydrogen-bond acceptors (Lipinski definition) is 4. The molecule has 1 saturated carbocycles. The number of carbonyl (C=O) groups is 2.